The van der Waals surface area contributed by atoms with Crippen LogP contribution in [0.4, 0.5) is 5.69 Å². The molecule has 2 aliphatic rings. The van der Waals surface area contributed by atoms with Gasteiger partial charge in [-0.1, -0.05) is 0 Å². The number of ether oxygens (including phenoxy) is 4. The van der Waals surface area contributed by atoms with E-state index in [0.29, 0.717) is 24.8 Å². The maximum Gasteiger partial charge on any atom is 0.338 e. The molecule has 0 N–H and O–H groups in total. The second kappa shape index (κ2) is 9.76. The smallest absolute Gasteiger partial charge is 0.338 e. The van der Waals surface area contributed by atoms with Gasteiger partial charge in [-0.15, -0.1) is 23.2 Å². The molecule has 0 amide bonds. The molecular weight excluding hydrogens is 439 g/mol. The Bertz CT molecular complexity index is 756. The highest BCUT2D eigenvalue weighted by atomic mass is 35.5. The van der Waals surface area contributed by atoms with Gasteiger partial charge >= 0.3 is 5.97 Å². The van der Waals surface area contributed by atoms with Gasteiger partial charge < -0.3 is 18.9 Å². The summed E-state index contributed by atoms with van der Waals surface area (Å²) in [7, 11) is 0. The number of nitro groups is 1. The zero-order valence-corrected chi connectivity index (χ0v) is 18.2. The van der Waals surface area contributed by atoms with Gasteiger partial charge in [-0.2, -0.15) is 0 Å². The van der Waals surface area contributed by atoms with Crippen molar-refractivity contribution in [2.24, 2.45) is 0 Å². The molecular formula is C19H24Cl2N2O7. The molecule has 4 atom stereocenters. The van der Waals surface area contributed by atoms with Crippen LogP contribution in [-0.2, 0) is 18.9 Å². The van der Waals surface area contributed by atoms with Gasteiger partial charge in [-0.05, 0) is 26.0 Å². The highest BCUT2D eigenvalue weighted by Gasteiger charge is 2.56. The predicted molar refractivity (Wildman–Crippen MR) is 109 cm³/mol. The Balaban J connectivity index is 1.67. The number of fused-ring (bicyclic) bond motifs is 1. The van der Waals surface area contributed by atoms with E-state index in [1.807, 2.05) is 18.7 Å². The first-order chi connectivity index (χ1) is 14.3. The molecule has 30 heavy (non-hydrogen) atoms. The van der Waals surface area contributed by atoms with Crippen molar-refractivity contribution >= 4 is 34.9 Å². The SMILES string of the molecule is CC1(C)OC2C(O1)[C@@H](COC(=O)c1ccc([N+](=O)[O-])cc1)OC2N(CCCl)CCCl. The lowest BCUT2D eigenvalue weighted by atomic mass is 10.1. The van der Waals surface area contributed by atoms with E-state index in [2.05, 4.69) is 0 Å². The number of hydrogen-bond donors (Lipinski definition) is 0. The van der Waals surface area contributed by atoms with Gasteiger partial charge in [0.25, 0.3) is 5.69 Å². The third kappa shape index (κ3) is 5.22. The minimum absolute atomic E-state index is 0.0531. The summed E-state index contributed by atoms with van der Waals surface area (Å²) in [5, 5.41) is 10.7. The first-order valence-corrected chi connectivity index (χ1v) is 10.6. The summed E-state index contributed by atoms with van der Waals surface area (Å²) < 4.78 is 23.5. The van der Waals surface area contributed by atoms with Crippen molar-refractivity contribution in [2.75, 3.05) is 31.5 Å². The third-order valence-corrected chi connectivity index (χ3v) is 5.26. The second-order valence-corrected chi connectivity index (χ2v) is 8.20. The van der Waals surface area contributed by atoms with Crippen LogP contribution >= 0.6 is 23.2 Å². The lowest BCUT2D eigenvalue weighted by Gasteiger charge is -2.31. The van der Waals surface area contributed by atoms with Gasteiger partial charge in [0.05, 0.1) is 10.5 Å². The summed E-state index contributed by atoms with van der Waals surface area (Å²) in [5.74, 6) is -0.605. The van der Waals surface area contributed by atoms with E-state index >= 15 is 0 Å². The molecule has 0 aromatic heterocycles. The lowest BCUT2D eigenvalue weighted by Crippen LogP contribution is -2.46. The average molecular weight is 463 g/mol. The fourth-order valence-corrected chi connectivity index (χ4v) is 4.07. The molecule has 0 saturated carbocycles. The molecule has 2 heterocycles. The third-order valence-electron chi connectivity index (χ3n) is 4.92. The van der Waals surface area contributed by atoms with E-state index in [-0.39, 0.29) is 24.0 Å². The van der Waals surface area contributed by atoms with Crippen molar-refractivity contribution in [1.29, 1.82) is 0 Å². The monoisotopic (exact) mass is 462 g/mol. The topological polar surface area (TPSA) is 100 Å². The van der Waals surface area contributed by atoms with E-state index < -0.39 is 35.1 Å². The molecule has 3 unspecified atom stereocenters. The van der Waals surface area contributed by atoms with E-state index in [1.165, 1.54) is 24.3 Å². The molecule has 0 bridgehead atoms. The summed E-state index contributed by atoms with van der Waals surface area (Å²) in [6, 6.07) is 5.20. The van der Waals surface area contributed by atoms with Gasteiger partial charge in [0.1, 0.15) is 31.1 Å². The molecule has 0 radical (unpaired) electrons. The van der Waals surface area contributed by atoms with Crippen LogP contribution < -0.4 is 0 Å². The maximum atomic E-state index is 12.4. The molecule has 2 saturated heterocycles. The summed E-state index contributed by atoms with van der Waals surface area (Å²) in [6.07, 6.45) is -1.79. The van der Waals surface area contributed by atoms with Crippen molar-refractivity contribution < 1.29 is 28.7 Å². The van der Waals surface area contributed by atoms with Crippen LogP contribution in [0.25, 0.3) is 0 Å². The minimum atomic E-state index is -0.800. The Morgan fingerprint density at radius 3 is 2.33 bits per heavy atom. The molecule has 9 nitrogen and oxygen atoms in total. The fourth-order valence-electron chi connectivity index (χ4n) is 3.63. The number of benzene rings is 1. The molecule has 2 fully saturated rings. The van der Waals surface area contributed by atoms with Gasteiger partial charge in [0.15, 0.2) is 5.79 Å². The molecule has 0 spiro atoms. The molecule has 11 heteroatoms. The number of nitro benzene ring substituents is 1. The quantitative estimate of drug-likeness (QED) is 0.239. The van der Waals surface area contributed by atoms with Crippen molar-refractivity contribution in [1.82, 2.24) is 4.90 Å². The molecule has 166 valence electrons. The summed E-state index contributed by atoms with van der Waals surface area (Å²) >= 11 is 11.8. The van der Waals surface area contributed by atoms with E-state index in [9.17, 15) is 14.9 Å². The van der Waals surface area contributed by atoms with Gasteiger partial charge in [-0.25, -0.2) is 4.79 Å². The zero-order chi connectivity index (χ0) is 21.9. The first-order valence-electron chi connectivity index (χ1n) is 9.54. The van der Waals surface area contributed by atoms with Gasteiger partial charge in [-0.3, -0.25) is 15.0 Å². The normalized spacial score (nSPS) is 27.2. The molecule has 3 rings (SSSR count). The number of carbonyl (C=O) groups excluding carboxylic acids is 1. The number of alkyl halides is 2. The Labute approximate surface area is 184 Å². The van der Waals surface area contributed by atoms with Crippen LogP contribution in [0.2, 0.25) is 0 Å². The average Bonchev–Trinajstić information content (AvgIpc) is 3.19. The van der Waals surface area contributed by atoms with E-state index in [0.717, 1.165) is 0 Å². The minimum Gasteiger partial charge on any atom is -0.459 e. The summed E-state index contributed by atoms with van der Waals surface area (Å²) in [4.78, 5) is 24.6. The Morgan fingerprint density at radius 1 is 1.17 bits per heavy atom. The lowest BCUT2D eigenvalue weighted by molar-refractivity contribution is -0.384. The second-order valence-electron chi connectivity index (χ2n) is 7.45. The number of rotatable bonds is 9. The Morgan fingerprint density at radius 2 is 1.77 bits per heavy atom. The van der Waals surface area contributed by atoms with Gasteiger partial charge in [0, 0.05) is 37.0 Å². The van der Waals surface area contributed by atoms with Crippen molar-refractivity contribution in [2.45, 2.75) is 44.2 Å². The first kappa shape index (κ1) is 23.2. The Hall–Kier alpha value is -1.49. The van der Waals surface area contributed by atoms with Crippen molar-refractivity contribution in [3.05, 3.63) is 39.9 Å². The van der Waals surface area contributed by atoms with Crippen LogP contribution in [-0.4, -0.2) is 77.6 Å². The van der Waals surface area contributed by atoms with Crippen LogP contribution in [0.5, 0.6) is 0 Å². The number of esters is 1. The Kier molecular flexibility index (Phi) is 7.54. The number of halogens is 2. The van der Waals surface area contributed by atoms with Crippen LogP contribution in [0, 0.1) is 10.1 Å². The van der Waals surface area contributed by atoms with Crippen LogP contribution in [0.1, 0.15) is 24.2 Å². The highest BCUT2D eigenvalue weighted by molar-refractivity contribution is 6.18. The predicted octanol–water partition coefficient (Wildman–Crippen LogP) is 2.78. The van der Waals surface area contributed by atoms with Gasteiger partial charge in [0.2, 0.25) is 0 Å². The largest absolute Gasteiger partial charge is 0.459 e. The fraction of sp³-hybridized carbons (Fsp3) is 0.632. The van der Waals surface area contributed by atoms with E-state index in [1.54, 1.807) is 0 Å². The van der Waals surface area contributed by atoms with Crippen LogP contribution in [0.3, 0.4) is 0 Å². The van der Waals surface area contributed by atoms with Crippen LogP contribution in [0.15, 0.2) is 24.3 Å². The number of carbonyl (C=O) groups is 1. The standard InChI is InChI=1S/C19H24Cl2N2O7/c1-19(2)29-15-14(28-17(16(15)30-19)22(9-7-20)10-8-21)11-27-18(24)12-3-5-13(6-4-12)23(25)26/h3-6,14-17H,7-11H2,1-2H3/t14-,15?,16?,17?/m1/s1. The van der Waals surface area contributed by atoms with Crippen molar-refractivity contribution in [3.63, 3.8) is 0 Å². The summed E-state index contributed by atoms with van der Waals surface area (Å²) in [6.45, 7) is 4.69. The number of non-ortho nitro benzene ring substituents is 1. The molecule has 0 aliphatic carbocycles. The van der Waals surface area contributed by atoms with E-state index in [4.69, 9.17) is 42.1 Å². The molecule has 1 aromatic carbocycles. The van der Waals surface area contributed by atoms with Crippen molar-refractivity contribution in [3.8, 4) is 0 Å². The summed E-state index contributed by atoms with van der Waals surface area (Å²) in [5.41, 5.74) is 0.107. The number of hydrogen-bond acceptors (Lipinski definition) is 8. The molecule has 1 aromatic rings. The highest BCUT2D eigenvalue weighted by Crippen LogP contribution is 2.40. The molecule has 2 aliphatic heterocycles. The maximum absolute atomic E-state index is 12.4. The number of nitrogens with zero attached hydrogens (tertiary/aromatic N) is 2. The zero-order valence-electron chi connectivity index (χ0n) is 16.7.